The smallest absolute Gasteiger partial charge is 0.0931 e. The van der Waals surface area contributed by atoms with Crippen molar-refractivity contribution in [1.29, 1.82) is 0 Å². The molecule has 0 aliphatic carbocycles. The molecule has 5 heteroatoms. The highest BCUT2D eigenvalue weighted by Crippen LogP contribution is 2.13. The molecule has 0 bridgehead atoms. The van der Waals surface area contributed by atoms with Crippen LogP contribution in [-0.2, 0) is 6.54 Å². The molecule has 0 fully saturated rings. The molecule has 3 N–H and O–H groups in total. The van der Waals surface area contributed by atoms with Crippen LogP contribution < -0.4 is 0 Å². The van der Waals surface area contributed by atoms with Gasteiger partial charge in [0.1, 0.15) is 0 Å². The number of rotatable bonds is 5. The minimum absolute atomic E-state index is 0.0424. The highest BCUT2D eigenvalue weighted by Gasteiger charge is 2.12. The zero-order chi connectivity index (χ0) is 12.3. The van der Waals surface area contributed by atoms with E-state index in [1.54, 1.807) is 6.33 Å². The first-order valence-corrected chi connectivity index (χ1v) is 5.58. The van der Waals surface area contributed by atoms with Gasteiger partial charge in [-0.2, -0.15) is 0 Å². The van der Waals surface area contributed by atoms with Crippen LogP contribution in [0.5, 0.6) is 0 Å². The molecule has 5 nitrogen and oxygen atoms in total. The van der Waals surface area contributed by atoms with Gasteiger partial charge in [0.15, 0.2) is 0 Å². The zero-order valence-corrected chi connectivity index (χ0v) is 9.80. The van der Waals surface area contributed by atoms with Gasteiger partial charge in [-0.25, -0.2) is 4.98 Å². The quantitative estimate of drug-likeness (QED) is 0.699. The minimum atomic E-state index is -0.215. The molecule has 2 aromatic rings. The number of aromatic amines is 1. The summed E-state index contributed by atoms with van der Waals surface area (Å²) in [5.74, 6) is 0. The first-order chi connectivity index (χ1) is 8.24. The van der Waals surface area contributed by atoms with E-state index in [1.165, 1.54) is 0 Å². The van der Waals surface area contributed by atoms with Crippen LogP contribution in [0.25, 0.3) is 11.0 Å². The third kappa shape index (κ3) is 2.63. The van der Waals surface area contributed by atoms with Crippen molar-refractivity contribution >= 4 is 11.0 Å². The fourth-order valence-electron chi connectivity index (χ4n) is 1.83. The van der Waals surface area contributed by atoms with Crippen molar-refractivity contribution in [3.05, 3.63) is 30.1 Å². The Morgan fingerprint density at radius 2 is 2.12 bits per heavy atom. The molecular formula is C12H17N3O2. The maximum atomic E-state index is 9.10. The molecule has 2 rings (SSSR count). The number of imidazole rings is 1. The number of aliphatic hydroxyl groups is 2. The van der Waals surface area contributed by atoms with Crippen molar-refractivity contribution < 1.29 is 10.2 Å². The molecule has 0 aliphatic rings. The van der Waals surface area contributed by atoms with Gasteiger partial charge < -0.3 is 15.2 Å². The van der Waals surface area contributed by atoms with Crippen LogP contribution in [0.2, 0.25) is 0 Å². The van der Waals surface area contributed by atoms with E-state index in [0.717, 1.165) is 16.6 Å². The van der Waals surface area contributed by atoms with E-state index < -0.39 is 0 Å². The first-order valence-electron chi connectivity index (χ1n) is 5.58. The molecule has 0 saturated carbocycles. The van der Waals surface area contributed by atoms with E-state index in [-0.39, 0.29) is 19.3 Å². The number of hydrogen-bond acceptors (Lipinski definition) is 4. The topological polar surface area (TPSA) is 72.4 Å². The lowest BCUT2D eigenvalue weighted by Gasteiger charge is -2.24. The third-order valence-electron chi connectivity index (χ3n) is 2.96. The van der Waals surface area contributed by atoms with Crippen molar-refractivity contribution in [1.82, 2.24) is 14.9 Å². The summed E-state index contributed by atoms with van der Waals surface area (Å²) < 4.78 is 0. The number of likely N-dealkylation sites (N-methyl/N-ethyl adjacent to an activating group) is 1. The lowest BCUT2D eigenvalue weighted by atomic mass is 10.1. The lowest BCUT2D eigenvalue weighted by molar-refractivity contribution is 0.0874. The fourth-order valence-corrected chi connectivity index (χ4v) is 1.83. The van der Waals surface area contributed by atoms with Gasteiger partial charge in [-0.3, -0.25) is 4.90 Å². The molecule has 0 saturated heterocycles. The minimum Gasteiger partial charge on any atom is -0.395 e. The summed E-state index contributed by atoms with van der Waals surface area (Å²) in [6.07, 6.45) is 1.67. The molecule has 0 radical (unpaired) electrons. The average molecular weight is 235 g/mol. The predicted octanol–water partition coefficient (Wildman–Crippen LogP) is 0.348. The fraction of sp³-hybridized carbons (Fsp3) is 0.417. The van der Waals surface area contributed by atoms with E-state index in [1.807, 2.05) is 30.1 Å². The summed E-state index contributed by atoms with van der Waals surface area (Å²) in [5.41, 5.74) is 3.06. The number of nitrogens with one attached hydrogen (secondary N) is 1. The largest absolute Gasteiger partial charge is 0.395 e. The molecule has 0 spiro atoms. The zero-order valence-electron chi connectivity index (χ0n) is 9.80. The Morgan fingerprint density at radius 1 is 1.35 bits per heavy atom. The number of aliphatic hydroxyl groups excluding tert-OH is 2. The van der Waals surface area contributed by atoms with Crippen LogP contribution in [0, 0.1) is 0 Å². The Kier molecular flexibility index (Phi) is 3.73. The summed E-state index contributed by atoms with van der Waals surface area (Å²) in [6, 6.07) is 5.78. The molecular weight excluding hydrogens is 218 g/mol. The van der Waals surface area contributed by atoms with E-state index in [2.05, 4.69) is 9.97 Å². The Bertz CT molecular complexity index is 479. The first kappa shape index (κ1) is 12.0. The third-order valence-corrected chi connectivity index (χ3v) is 2.96. The van der Waals surface area contributed by atoms with Crippen LogP contribution in [0.1, 0.15) is 5.56 Å². The van der Waals surface area contributed by atoms with Gasteiger partial charge in [0.05, 0.1) is 36.6 Å². The Hall–Kier alpha value is -1.43. The van der Waals surface area contributed by atoms with Crippen molar-refractivity contribution in [2.45, 2.75) is 12.6 Å². The molecule has 0 aliphatic heterocycles. The van der Waals surface area contributed by atoms with Crippen molar-refractivity contribution in [3.8, 4) is 0 Å². The van der Waals surface area contributed by atoms with Crippen LogP contribution >= 0.6 is 0 Å². The summed E-state index contributed by atoms with van der Waals surface area (Å²) in [5, 5.41) is 18.2. The van der Waals surface area contributed by atoms with E-state index in [0.29, 0.717) is 6.54 Å². The molecule has 0 atom stereocenters. The van der Waals surface area contributed by atoms with E-state index >= 15 is 0 Å². The molecule has 0 amide bonds. The molecule has 17 heavy (non-hydrogen) atoms. The summed E-state index contributed by atoms with van der Waals surface area (Å²) in [7, 11) is 1.88. The Labute approximate surface area is 99.7 Å². The molecule has 1 aromatic carbocycles. The monoisotopic (exact) mass is 235 g/mol. The van der Waals surface area contributed by atoms with Gasteiger partial charge in [0.25, 0.3) is 0 Å². The summed E-state index contributed by atoms with van der Waals surface area (Å²) in [6.45, 7) is 0.597. The molecule has 92 valence electrons. The van der Waals surface area contributed by atoms with Crippen molar-refractivity contribution in [2.75, 3.05) is 20.3 Å². The standard InChI is InChI=1S/C12H17N3O2/c1-15(10(6-16)7-17)5-9-2-3-11-12(4-9)14-8-13-11/h2-4,8,10,16-17H,5-7H2,1H3,(H,13,14). The summed E-state index contributed by atoms with van der Waals surface area (Å²) in [4.78, 5) is 9.15. The van der Waals surface area contributed by atoms with E-state index in [9.17, 15) is 0 Å². The Morgan fingerprint density at radius 3 is 2.82 bits per heavy atom. The highest BCUT2D eigenvalue weighted by atomic mass is 16.3. The highest BCUT2D eigenvalue weighted by molar-refractivity contribution is 5.74. The van der Waals surface area contributed by atoms with Gasteiger partial charge in [0, 0.05) is 6.54 Å². The maximum Gasteiger partial charge on any atom is 0.0931 e. The van der Waals surface area contributed by atoms with Crippen LogP contribution in [0.3, 0.4) is 0 Å². The number of aromatic nitrogens is 2. The predicted molar refractivity (Wildman–Crippen MR) is 65.5 cm³/mol. The van der Waals surface area contributed by atoms with Gasteiger partial charge in [0.2, 0.25) is 0 Å². The SMILES string of the molecule is CN(Cc1ccc2nc[nH]c2c1)C(CO)CO. The normalized spacial score (nSPS) is 11.8. The van der Waals surface area contributed by atoms with Gasteiger partial charge in [-0.05, 0) is 24.7 Å². The molecule has 1 heterocycles. The second kappa shape index (κ2) is 5.27. The summed E-state index contributed by atoms with van der Waals surface area (Å²) >= 11 is 0. The second-order valence-electron chi connectivity index (χ2n) is 4.19. The van der Waals surface area contributed by atoms with Gasteiger partial charge >= 0.3 is 0 Å². The lowest BCUT2D eigenvalue weighted by Crippen LogP contribution is -2.37. The van der Waals surface area contributed by atoms with Crippen LogP contribution in [0.15, 0.2) is 24.5 Å². The Balaban J connectivity index is 2.11. The number of H-pyrrole nitrogens is 1. The van der Waals surface area contributed by atoms with Gasteiger partial charge in [-0.1, -0.05) is 6.07 Å². The van der Waals surface area contributed by atoms with Gasteiger partial charge in [-0.15, -0.1) is 0 Å². The van der Waals surface area contributed by atoms with Crippen molar-refractivity contribution in [2.24, 2.45) is 0 Å². The van der Waals surface area contributed by atoms with Crippen LogP contribution in [0.4, 0.5) is 0 Å². The second-order valence-corrected chi connectivity index (χ2v) is 4.19. The van der Waals surface area contributed by atoms with Crippen LogP contribution in [-0.4, -0.2) is 51.4 Å². The number of nitrogens with zero attached hydrogens (tertiary/aromatic N) is 2. The van der Waals surface area contributed by atoms with E-state index in [4.69, 9.17) is 10.2 Å². The number of hydrogen-bond donors (Lipinski definition) is 3. The molecule has 0 unspecified atom stereocenters. The average Bonchev–Trinajstić information content (AvgIpc) is 2.77. The maximum absolute atomic E-state index is 9.10. The number of fused-ring (bicyclic) bond motifs is 1. The molecule has 1 aromatic heterocycles. The van der Waals surface area contributed by atoms with Crippen molar-refractivity contribution in [3.63, 3.8) is 0 Å². The number of benzene rings is 1.